The fourth-order valence-electron chi connectivity index (χ4n) is 2.02. The quantitative estimate of drug-likeness (QED) is 0.783. The first kappa shape index (κ1) is 9.27. The van der Waals surface area contributed by atoms with Gasteiger partial charge in [-0.05, 0) is 17.7 Å². The number of aliphatic hydroxyl groups is 1. The second-order valence-corrected chi connectivity index (χ2v) is 3.81. The van der Waals surface area contributed by atoms with Crippen molar-refractivity contribution in [3.8, 4) is 11.5 Å². The van der Waals surface area contributed by atoms with Crippen LogP contribution in [0.15, 0.2) is 24.0 Å². The Morgan fingerprint density at radius 1 is 1.12 bits per heavy atom. The van der Waals surface area contributed by atoms with Crippen LogP contribution in [0.4, 0.5) is 0 Å². The van der Waals surface area contributed by atoms with Crippen LogP contribution in [0.25, 0.3) is 5.57 Å². The van der Waals surface area contributed by atoms with E-state index in [0.29, 0.717) is 35.5 Å². The number of hydrogen-bond acceptors (Lipinski definition) is 4. The molecule has 0 bridgehead atoms. The number of fused-ring (bicyclic) bond motifs is 1. The highest BCUT2D eigenvalue weighted by atomic mass is 16.7. The van der Waals surface area contributed by atoms with E-state index in [1.807, 2.05) is 0 Å². The average Bonchev–Trinajstić information content (AvgIpc) is 2.85. The topological polar surface area (TPSA) is 55.8 Å². The van der Waals surface area contributed by atoms with E-state index < -0.39 is 0 Å². The SMILES string of the molecule is O=C1CCC(O)=C1c1ccc2c(c1)OCO2. The van der Waals surface area contributed by atoms with Gasteiger partial charge in [-0.15, -0.1) is 0 Å². The highest BCUT2D eigenvalue weighted by molar-refractivity contribution is 6.23. The molecule has 3 rings (SSSR count). The van der Waals surface area contributed by atoms with E-state index in [0.717, 1.165) is 0 Å². The van der Waals surface area contributed by atoms with Crippen molar-refractivity contribution in [1.82, 2.24) is 0 Å². The summed E-state index contributed by atoms with van der Waals surface area (Å²) in [6, 6.07) is 5.25. The monoisotopic (exact) mass is 218 g/mol. The molecule has 82 valence electrons. The Kier molecular flexibility index (Phi) is 1.89. The van der Waals surface area contributed by atoms with Gasteiger partial charge in [-0.2, -0.15) is 0 Å². The highest BCUT2D eigenvalue weighted by Gasteiger charge is 2.25. The summed E-state index contributed by atoms with van der Waals surface area (Å²) in [5.41, 5.74) is 1.11. The molecule has 1 aliphatic heterocycles. The van der Waals surface area contributed by atoms with Crippen LogP contribution in [-0.4, -0.2) is 17.7 Å². The smallest absolute Gasteiger partial charge is 0.231 e. The summed E-state index contributed by atoms with van der Waals surface area (Å²) < 4.78 is 10.4. The maximum absolute atomic E-state index is 11.6. The Balaban J connectivity index is 2.08. The molecule has 0 saturated heterocycles. The van der Waals surface area contributed by atoms with Crippen LogP contribution in [0.5, 0.6) is 11.5 Å². The van der Waals surface area contributed by atoms with Crippen LogP contribution in [0, 0.1) is 0 Å². The number of Topliss-reactive ketones (excluding diaryl/α,β-unsaturated/α-hetero) is 1. The van der Waals surface area contributed by atoms with Crippen molar-refractivity contribution in [2.45, 2.75) is 12.8 Å². The van der Waals surface area contributed by atoms with Crippen molar-refractivity contribution >= 4 is 11.4 Å². The molecular weight excluding hydrogens is 208 g/mol. The van der Waals surface area contributed by atoms with Crippen molar-refractivity contribution in [2.24, 2.45) is 0 Å². The van der Waals surface area contributed by atoms with E-state index in [1.165, 1.54) is 0 Å². The van der Waals surface area contributed by atoms with Gasteiger partial charge in [0.05, 0.1) is 5.57 Å². The van der Waals surface area contributed by atoms with Crippen LogP contribution in [0.3, 0.4) is 0 Å². The van der Waals surface area contributed by atoms with Crippen molar-refractivity contribution in [2.75, 3.05) is 6.79 Å². The molecule has 4 nitrogen and oxygen atoms in total. The average molecular weight is 218 g/mol. The first-order valence-corrected chi connectivity index (χ1v) is 5.11. The molecule has 1 aliphatic carbocycles. The first-order chi connectivity index (χ1) is 7.75. The summed E-state index contributed by atoms with van der Waals surface area (Å²) in [7, 11) is 0. The number of rotatable bonds is 1. The minimum Gasteiger partial charge on any atom is -0.512 e. The molecule has 0 radical (unpaired) electrons. The highest BCUT2D eigenvalue weighted by Crippen LogP contribution is 2.37. The molecule has 1 aromatic rings. The number of allylic oxidation sites excluding steroid dienone is 2. The number of carbonyl (C=O) groups excluding carboxylic acids is 1. The molecule has 1 heterocycles. The van der Waals surface area contributed by atoms with Crippen molar-refractivity contribution < 1.29 is 19.4 Å². The lowest BCUT2D eigenvalue weighted by Gasteiger charge is -2.03. The van der Waals surface area contributed by atoms with Gasteiger partial charge in [-0.3, -0.25) is 4.79 Å². The summed E-state index contributed by atoms with van der Waals surface area (Å²) in [5.74, 6) is 1.45. The summed E-state index contributed by atoms with van der Waals surface area (Å²) in [4.78, 5) is 11.6. The second kappa shape index (κ2) is 3.27. The fraction of sp³-hybridized carbons (Fsp3) is 0.250. The first-order valence-electron chi connectivity index (χ1n) is 5.11. The van der Waals surface area contributed by atoms with Gasteiger partial charge in [0.25, 0.3) is 0 Å². The van der Waals surface area contributed by atoms with Gasteiger partial charge in [0.1, 0.15) is 5.76 Å². The van der Waals surface area contributed by atoms with Crippen molar-refractivity contribution in [3.63, 3.8) is 0 Å². The van der Waals surface area contributed by atoms with Gasteiger partial charge < -0.3 is 14.6 Å². The number of ketones is 1. The lowest BCUT2D eigenvalue weighted by molar-refractivity contribution is -0.113. The number of benzene rings is 1. The minimum atomic E-state index is -0.0173. The normalized spacial score (nSPS) is 18.4. The zero-order valence-corrected chi connectivity index (χ0v) is 8.53. The summed E-state index contributed by atoms with van der Waals surface area (Å²) in [6.07, 6.45) is 0.818. The second-order valence-electron chi connectivity index (χ2n) is 3.81. The molecule has 0 atom stereocenters. The molecule has 1 aromatic carbocycles. The summed E-state index contributed by atoms with van der Waals surface area (Å²) in [5, 5.41) is 9.65. The van der Waals surface area contributed by atoms with Gasteiger partial charge in [-0.25, -0.2) is 0 Å². The van der Waals surface area contributed by atoms with Crippen LogP contribution >= 0.6 is 0 Å². The van der Waals surface area contributed by atoms with E-state index in [4.69, 9.17) is 9.47 Å². The molecular formula is C12H10O4. The molecule has 0 fully saturated rings. The standard InChI is InChI=1S/C12H10O4/c13-8-2-3-9(14)12(8)7-1-4-10-11(5-7)16-6-15-10/h1,4-5,13H,2-3,6H2. The lowest BCUT2D eigenvalue weighted by atomic mass is 10.0. The molecule has 0 spiro atoms. The molecule has 0 saturated carbocycles. The van der Waals surface area contributed by atoms with Gasteiger partial charge in [-0.1, -0.05) is 6.07 Å². The van der Waals surface area contributed by atoms with E-state index in [2.05, 4.69) is 0 Å². The van der Waals surface area contributed by atoms with Crippen molar-refractivity contribution in [1.29, 1.82) is 0 Å². The van der Waals surface area contributed by atoms with Gasteiger partial charge in [0.2, 0.25) is 6.79 Å². The van der Waals surface area contributed by atoms with Gasteiger partial charge in [0, 0.05) is 12.8 Å². The third-order valence-electron chi connectivity index (χ3n) is 2.82. The number of ether oxygens (including phenoxy) is 2. The summed E-state index contributed by atoms with van der Waals surface area (Å²) in [6.45, 7) is 0.206. The molecule has 16 heavy (non-hydrogen) atoms. The lowest BCUT2D eigenvalue weighted by Crippen LogP contribution is -1.96. The van der Waals surface area contributed by atoms with Crippen molar-refractivity contribution in [3.05, 3.63) is 29.5 Å². The Bertz CT molecular complexity index is 502. The molecule has 0 amide bonds. The molecule has 1 N–H and O–H groups in total. The summed E-state index contributed by atoms with van der Waals surface area (Å²) >= 11 is 0. The maximum Gasteiger partial charge on any atom is 0.231 e. The number of aliphatic hydroxyl groups excluding tert-OH is 1. The van der Waals surface area contributed by atoms with E-state index in [9.17, 15) is 9.90 Å². The van der Waals surface area contributed by atoms with Crippen LogP contribution in [0.1, 0.15) is 18.4 Å². The Hall–Kier alpha value is -1.97. The minimum absolute atomic E-state index is 0.0173. The molecule has 0 aromatic heterocycles. The zero-order chi connectivity index (χ0) is 11.1. The van der Waals surface area contributed by atoms with Crippen LogP contribution in [-0.2, 0) is 4.79 Å². The Morgan fingerprint density at radius 2 is 1.94 bits per heavy atom. The van der Waals surface area contributed by atoms with E-state index >= 15 is 0 Å². The fourth-order valence-corrected chi connectivity index (χ4v) is 2.02. The largest absolute Gasteiger partial charge is 0.512 e. The van der Waals surface area contributed by atoms with Crippen LogP contribution < -0.4 is 9.47 Å². The number of hydrogen-bond donors (Lipinski definition) is 1. The number of carbonyl (C=O) groups is 1. The third kappa shape index (κ3) is 1.26. The van der Waals surface area contributed by atoms with Crippen LogP contribution in [0.2, 0.25) is 0 Å². The Labute approximate surface area is 92.1 Å². The van der Waals surface area contributed by atoms with E-state index in [1.54, 1.807) is 18.2 Å². The predicted molar refractivity (Wildman–Crippen MR) is 56.4 cm³/mol. The third-order valence-corrected chi connectivity index (χ3v) is 2.82. The maximum atomic E-state index is 11.6. The molecule has 4 heteroatoms. The van der Waals surface area contributed by atoms with Gasteiger partial charge >= 0.3 is 0 Å². The van der Waals surface area contributed by atoms with E-state index in [-0.39, 0.29) is 18.3 Å². The molecule has 0 unspecified atom stereocenters. The Morgan fingerprint density at radius 3 is 2.69 bits per heavy atom. The predicted octanol–water partition coefficient (Wildman–Crippen LogP) is 2.05. The molecule has 2 aliphatic rings. The van der Waals surface area contributed by atoms with Gasteiger partial charge in [0.15, 0.2) is 17.3 Å². The zero-order valence-electron chi connectivity index (χ0n) is 8.53.